The van der Waals surface area contributed by atoms with E-state index in [-0.39, 0.29) is 11.2 Å². The van der Waals surface area contributed by atoms with Crippen LogP contribution in [0.15, 0.2) is 67.0 Å². The first kappa shape index (κ1) is 21.8. The number of hydrogen-bond donors (Lipinski definition) is 1. The summed E-state index contributed by atoms with van der Waals surface area (Å²) in [6.07, 6.45) is 3.32. The first-order valence-corrected chi connectivity index (χ1v) is 11.6. The van der Waals surface area contributed by atoms with Crippen LogP contribution in [0.3, 0.4) is 0 Å². The quantitative estimate of drug-likeness (QED) is 0.625. The molecule has 0 aliphatic carbocycles. The smallest absolute Gasteiger partial charge is 0.239 e. The normalized spacial score (nSPS) is 12.0. The van der Waals surface area contributed by atoms with Crippen molar-refractivity contribution in [2.24, 2.45) is 0 Å². The molecule has 1 aromatic heterocycles. The van der Waals surface area contributed by atoms with Gasteiger partial charge in [0.15, 0.2) is 9.84 Å². The third-order valence-electron chi connectivity index (χ3n) is 4.73. The van der Waals surface area contributed by atoms with Gasteiger partial charge in [-0.05, 0) is 28.7 Å². The van der Waals surface area contributed by atoms with E-state index in [0.717, 1.165) is 11.1 Å². The summed E-state index contributed by atoms with van der Waals surface area (Å²) < 4.78 is 26.9. The van der Waals surface area contributed by atoms with E-state index in [1.54, 1.807) is 29.1 Å². The molecular weight excluding hydrogens is 398 g/mol. The number of nitrogens with zero attached hydrogens (tertiary/aromatic N) is 2. The van der Waals surface area contributed by atoms with E-state index in [1.807, 2.05) is 42.5 Å². The molecule has 0 aliphatic rings. The van der Waals surface area contributed by atoms with Crippen molar-refractivity contribution in [2.75, 3.05) is 11.1 Å². The maximum atomic E-state index is 12.6. The van der Waals surface area contributed by atoms with E-state index in [4.69, 9.17) is 0 Å². The van der Waals surface area contributed by atoms with Crippen LogP contribution in [0, 0.1) is 0 Å². The van der Waals surface area contributed by atoms with Gasteiger partial charge in [-0.3, -0.25) is 4.79 Å². The summed E-state index contributed by atoms with van der Waals surface area (Å²) in [6, 6.07) is 17.2. The van der Waals surface area contributed by atoms with E-state index in [9.17, 15) is 13.2 Å². The SMILES string of the molecule is CC(C)(C)c1ccc(NC(=O)CS(=O)(=O)Cc2nccn2Cc2ccccc2)cc1. The molecule has 1 N–H and O–H groups in total. The minimum absolute atomic E-state index is 0.00748. The predicted octanol–water partition coefficient (Wildman–Crippen LogP) is 3.78. The molecule has 0 unspecified atom stereocenters. The minimum Gasteiger partial charge on any atom is -0.330 e. The molecule has 0 atom stereocenters. The molecule has 0 saturated heterocycles. The average molecular weight is 426 g/mol. The van der Waals surface area contributed by atoms with E-state index >= 15 is 0 Å². The average Bonchev–Trinajstić information content (AvgIpc) is 3.07. The summed E-state index contributed by atoms with van der Waals surface area (Å²) in [5.74, 6) is -1.02. The molecule has 1 amide bonds. The Morgan fingerprint density at radius 1 is 1.03 bits per heavy atom. The molecule has 158 valence electrons. The van der Waals surface area contributed by atoms with Gasteiger partial charge in [0.1, 0.15) is 17.3 Å². The summed E-state index contributed by atoms with van der Waals surface area (Å²) in [4.78, 5) is 16.5. The van der Waals surface area contributed by atoms with Gasteiger partial charge >= 0.3 is 0 Å². The molecule has 2 aromatic carbocycles. The van der Waals surface area contributed by atoms with Crippen molar-refractivity contribution in [3.63, 3.8) is 0 Å². The molecule has 30 heavy (non-hydrogen) atoms. The zero-order valence-electron chi connectivity index (χ0n) is 17.5. The number of sulfone groups is 1. The Morgan fingerprint density at radius 2 is 1.70 bits per heavy atom. The number of nitrogens with one attached hydrogen (secondary N) is 1. The van der Waals surface area contributed by atoms with Crippen LogP contribution in [0.1, 0.15) is 37.7 Å². The molecule has 7 heteroatoms. The van der Waals surface area contributed by atoms with Crippen LogP contribution in [0.25, 0.3) is 0 Å². The van der Waals surface area contributed by atoms with Crippen molar-refractivity contribution >= 4 is 21.4 Å². The molecule has 0 bridgehead atoms. The monoisotopic (exact) mass is 425 g/mol. The van der Waals surface area contributed by atoms with Crippen molar-refractivity contribution in [2.45, 2.75) is 38.5 Å². The van der Waals surface area contributed by atoms with Gasteiger partial charge in [-0.1, -0.05) is 63.2 Å². The van der Waals surface area contributed by atoms with Crippen LogP contribution in [0.5, 0.6) is 0 Å². The highest BCUT2D eigenvalue weighted by Crippen LogP contribution is 2.23. The third-order valence-corrected chi connectivity index (χ3v) is 6.13. The van der Waals surface area contributed by atoms with Crippen LogP contribution < -0.4 is 5.32 Å². The zero-order chi connectivity index (χ0) is 21.8. The molecule has 3 rings (SSSR count). The summed E-state index contributed by atoms with van der Waals surface area (Å²) in [7, 11) is -3.67. The van der Waals surface area contributed by atoms with Gasteiger partial charge in [-0.25, -0.2) is 13.4 Å². The Labute approximate surface area is 177 Å². The predicted molar refractivity (Wildman–Crippen MR) is 119 cm³/mol. The van der Waals surface area contributed by atoms with E-state index in [0.29, 0.717) is 18.1 Å². The van der Waals surface area contributed by atoms with Crippen LogP contribution in [-0.4, -0.2) is 29.6 Å². The number of benzene rings is 2. The zero-order valence-corrected chi connectivity index (χ0v) is 18.3. The fraction of sp³-hybridized carbons (Fsp3) is 0.304. The minimum atomic E-state index is -3.67. The largest absolute Gasteiger partial charge is 0.330 e. The Hall–Kier alpha value is -2.93. The molecular formula is C23H27N3O3S. The maximum absolute atomic E-state index is 12.6. The van der Waals surface area contributed by atoms with Gasteiger partial charge in [0.2, 0.25) is 5.91 Å². The van der Waals surface area contributed by atoms with Gasteiger partial charge < -0.3 is 9.88 Å². The van der Waals surface area contributed by atoms with Crippen LogP contribution in [-0.2, 0) is 32.3 Å². The molecule has 0 saturated carbocycles. The highest BCUT2D eigenvalue weighted by molar-refractivity contribution is 7.91. The molecule has 1 heterocycles. The second-order valence-corrected chi connectivity index (χ2v) is 10.4. The van der Waals surface area contributed by atoms with Crippen molar-refractivity contribution in [1.82, 2.24) is 9.55 Å². The van der Waals surface area contributed by atoms with Crippen molar-refractivity contribution in [3.05, 3.63) is 83.9 Å². The van der Waals surface area contributed by atoms with Gasteiger partial charge in [-0.2, -0.15) is 0 Å². The van der Waals surface area contributed by atoms with Gasteiger partial charge in [0.05, 0.1) is 0 Å². The number of carbonyl (C=O) groups excluding carboxylic acids is 1. The van der Waals surface area contributed by atoms with Gasteiger partial charge in [0, 0.05) is 24.6 Å². The Balaban J connectivity index is 1.62. The van der Waals surface area contributed by atoms with Gasteiger partial charge in [0.25, 0.3) is 0 Å². The summed E-state index contributed by atoms with van der Waals surface area (Å²) in [5, 5.41) is 2.67. The molecule has 3 aromatic rings. The fourth-order valence-corrected chi connectivity index (χ4v) is 4.31. The number of anilines is 1. The molecule has 0 radical (unpaired) electrons. The lowest BCUT2D eigenvalue weighted by Crippen LogP contribution is -2.25. The number of hydrogen-bond acceptors (Lipinski definition) is 4. The second kappa shape index (κ2) is 8.83. The first-order valence-electron chi connectivity index (χ1n) is 9.77. The molecule has 6 nitrogen and oxygen atoms in total. The molecule has 0 fully saturated rings. The molecule has 0 spiro atoms. The van der Waals surface area contributed by atoms with Crippen LogP contribution in [0.4, 0.5) is 5.69 Å². The topological polar surface area (TPSA) is 81.1 Å². The van der Waals surface area contributed by atoms with Crippen molar-refractivity contribution in [3.8, 4) is 0 Å². The highest BCUT2D eigenvalue weighted by Gasteiger charge is 2.21. The van der Waals surface area contributed by atoms with E-state index in [1.165, 1.54) is 0 Å². The van der Waals surface area contributed by atoms with Crippen LogP contribution in [0.2, 0.25) is 0 Å². The fourth-order valence-electron chi connectivity index (χ4n) is 3.10. The van der Waals surface area contributed by atoms with E-state index < -0.39 is 21.5 Å². The van der Waals surface area contributed by atoms with Crippen LogP contribution >= 0.6 is 0 Å². The Bertz CT molecular complexity index is 1100. The number of carbonyl (C=O) groups is 1. The summed E-state index contributed by atoms with van der Waals surface area (Å²) in [5.41, 5.74) is 2.77. The number of aromatic nitrogens is 2. The second-order valence-electron chi connectivity index (χ2n) is 8.36. The lowest BCUT2D eigenvalue weighted by molar-refractivity contribution is -0.113. The summed E-state index contributed by atoms with van der Waals surface area (Å²) >= 11 is 0. The third kappa shape index (κ3) is 6.03. The number of amides is 1. The lowest BCUT2D eigenvalue weighted by atomic mass is 9.87. The highest BCUT2D eigenvalue weighted by atomic mass is 32.2. The van der Waals surface area contributed by atoms with Crippen molar-refractivity contribution in [1.29, 1.82) is 0 Å². The van der Waals surface area contributed by atoms with Crippen molar-refractivity contribution < 1.29 is 13.2 Å². The Morgan fingerprint density at radius 3 is 2.33 bits per heavy atom. The first-order chi connectivity index (χ1) is 14.1. The number of rotatable bonds is 7. The molecule has 0 aliphatic heterocycles. The van der Waals surface area contributed by atoms with E-state index in [2.05, 4.69) is 31.1 Å². The maximum Gasteiger partial charge on any atom is 0.239 e. The standard InChI is InChI=1S/C23H27N3O3S/c1-23(2,3)19-9-11-20(12-10-19)25-22(27)17-30(28,29)16-21-24-13-14-26(21)15-18-7-5-4-6-8-18/h4-14H,15-17H2,1-3H3,(H,25,27). The van der Waals surface area contributed by atoms with Gasteiger partial charge in [-0.15, -0.1) is 0 Å². The number of imidazole rings is 1. The summed E-state index contributed by atoms with van der Waals surface area (Å²) in [6.45, 7) is 6.84. The Kier molecular flexibility index (Phi) is 6.41. The lowest BCUT2D eigenvalue weighted by Gasteiger charge is -2.19.